The second kappa shape index (κ2) is 9.61. The first-order valence-electron chi connectivity index (χ1n) is 11.7. The minimum absolute atomic E-state index is 0.162. The van der Waals surface area contributed by atoms with E-state index in [0.29, 0.717) is 6.04 Å². The molecule has 1 aliphatic rings. The second-order valence-corrected chi connectivity index (χ2v) is 9.02. The van der Waals surface area contributed by atoms with E-state index < -0.39 is 0 Å². The Morgan fingerprint density at radius 3 is 2.62 bits per heavy atom. The predicted octanol–water partition coefficient (Wildman–Crippen LogP) is 4.71. The van der Waals surface area contributed by atoms with Gasteiger partial charge in [0.25, 0.3) is 0 Å². The molecular formula is C28H28N4O2. The fourth-order valence-electron chi connectivity index (χ4n) is 4.83. The number of aromatic nitrogens is 2. The van der Waals surface area contributed by atoms with Gasteiger partial charge in [0.05, 0.1) is 18.2 Å². The summed E-state index contributed by atoms with van der Waals surface area (Å²) in [6, 6.07) is 18.9. The molecule has 1 amide bonds. The van der Waals surface area contributed by atoms with Crippen LogP contribution in [0.3, 0.4) is 0 Å². The van der Waals surface area contributed by atoms with E-state index in [9.17, 15) is 9.90 Å². The lowest BCUT2D eigenvalue weighted by atomic mass is 9.93. The van der Waals surface area contributed by atoms with Crippen LogP contribution >= 0.6 is 0 Å². The molecule has 172 valence electrons. The summed E-state index contributed by atoms with van der Waals surface area (Å²) in [5.74, 6) is -0.374. The quantitative estimate of drug-likeness (QED) is 0.393. The molecule has 6 heteroatoms. The van der Waals surface area contributed by atoms with Crippen LogP contribution in [0.2, 0.25) is 0 Å². The Bertz CT molecular complexity index is 1330. The molecule has 0 saturated heterocycles. The normalized spacial score (nSPS) is 18.0. The van der Waals surface area contributed by atoms with Gasteiger partial charge in [0.15, 0.2) is 0 Å². The number of aliphatic hydroxyl groups is 1. The summed E-state index contributed by atoms with van der Waals surface area (Å²) >= 11 is 0. The van der Waals surface area contributed by atoms with Crippen LogP contribution in [0.4, 0.5) is 5.69 Å². The third-order valence-electron chi connectivity index (χ3n) is 6.49. The molecule has 0 spiro atoms. The largest absolute Gasteiger partial charge is 0.393 e. The lowest BCUT2D eigenvalue weighted by Crippen LogP contribution is -2.28. The Labute approximate surface area is 198 Å². The zero-order valence-electron chi connectivity index (χ0n) is 18.9. The van der Waals surface area contributed by atoms with Crippen molar-refractivity contribution < 1.29 is 9.90 Å². The van der Waals surface area contributed by atoms with Crippen molar-refractivity contribution in [2.24, 2.45) is 5.73 Å². The van der Waals surface area contributed by atoms with Gasteiger partial charge < -0.3 is 16.2 Å². The van der Waals surface area contributed by atoms with Gasteiger partial charge in [-0.2, -0.15) is 0 Å². The van der Waals surface area contributed by atoms with Crippen LogP contribution in [-0.4, -0.2) is 33.1 Å². The van der Waals surface area contributed by atoms with Gasteiger partial charge in [-0.3, -0.25) is 14.8 Å². The van der Waals surface area contributed by atoms with E-state index in [0.717, 1.165) is 70.1 Å². The number of carbonyl (C=O) groups is 1. The third-order valence-corrected chi connectivity index (χ3v) is 6.49. The molecule has 34 heavy (non-hydrogen) atoms. The predicted molar refractivity (Wildman–Crippen MR) is 135 cm³/mol. The number of amides is 1. The molecule has 6 nitrogen and oxygen atoms in total. The van der Waals surface area contributed by atoms with E-state index in [1.54, 1.807) is 6.20 Å². The van der Waals surface area contributed by atoms with E-state index in [1.165, 1.54) is 0 Å². The van der Waals surface area contributed by atoms with Crippen LogP contribution in [0, 0.1) is 0 Å². The maximum Gasteiger partial charge on any atom is 0.221 e. The van der Waals surface area contributed by atoms with Gasteiger partial charge in [-0.15, -0.1) is 0 Å². The number of nitrogens with two attached hydrogens (primary N) is 1. The van der Waals surface area contributed by atoms with Crippen molar-refractivity contribution in [3.8, 4) is 22.4 Å². The number of primary amides is 1. The Morgan fingerprint density at radius 1 is 0.971 bits per heavy atom. The molecule has 2 heterocycles. The Balaban J connectivity index is 1.50. The second-order valence-electron chi connectivity index (χ2n) is 9.02. The van der Waals surface area contributed by atoms with Crippen LogP contribution in [0.5, 0.6) is 0 Å². The van der Waals surface area contributed by atoms with E-state index in [1.807, 2.05) is 30.6 Å². The van der Waals surface area contributed by atoms with Crippen molar-refractivity contribution in [1.29, 1.82) is 0 Å². The molecule has 4 aromatic rings. The van der Waals surface area contributed by atoms with Crippen molar-refractivity contribution in [3.05, 3.63) is 78.8 Å². The summed E-state index contributed by atoms with van der Waals surface area (Å²) in [7, 11) is 0. The van der Waals surface area contributed by atoms with Gasteiger partial charge in [0, 0.05) is 46.8 Å². The highest BCUT2D eigenvalue weighted by Gasteiger charge is 2.19. The van der Waals surface area contributed by atoms with Crippen molar-refractivity contribution >= 4 is 22.4 Å². The van der Waals surface area contributed by atoms with E-state index in [2.05, 4.69) is 46.7 Å². The van der Waals surface area contributed by atoms with Gasteiger partial charge in [-0.25, -0.2) is 0 Å². The summed E-state index contributed by atoms with van der Waals surface area (Å²) in [6.07, 6.45) is 8.98. The summed E-state index contributed by atoms with van der Waals surface area (Å²) in [6.45, 7) is 0. The number of carbonyl (C=O) groups excluding carboxylic acids is 1. The zero-order valence-corrected chi connectivity index (χ0v) is 18.9. The average molecular weight is 453 g/mol. The van der Waals surface area contributed by atoms with Crippen molar-refractivity contribution in [2.75, 3.05) is 5.32 Å². The number of rotatable bonds is 6. The van der Waals surface area contributed by atoms with Crippen LogP contribution in [-0.2, 0) is 11.2 Å². The third kappa shape index (κ3) is 4.77. The maximum absolute atomic E-state index is 11.4. The topological polar surface area (TPSA) is 101 Å². The highest BCUT2D eigenvalue weighted by Crippen LogP contribution is 2.34. The molecule has 1 saturated carbocycles. The Hall–Kier alpha value is -3.77. The van der Waals surface area contributed by atoms with Gasteiger partial charge in [-0.05, 0) is 66.5 Å². The first kappa shape index (κ1) is 22.0. The van der Waals surface area contributed by atoms with Gasteiger partial charge in [0.1, 0.15) is 0 Å². The number of benzene rings is 2. The minimum Gasteiger partial charge on any atom is -0.393 e. The Morgan fingerprint density at radius 2 is 1.79 bits per heavy atom. The van der Waals surface area contributed by atoms with Crippen molar-refractivity contribution in [2.45, 2.75) is 44.2 Å². The molecule has 0 bridgehead atoms. The highest BCUT2D eigenvalue weighted by molar-refractivity contribution is 6.03. The minimum atomic E-state index is -0.374. The number of anilines is 1. The molecular weight excluding hydrogens is 424 g/mol. The number of nitrogens with zero attached hydrogens (tertiary/aromatic N) is 2. The van der Waals surface area contributed by atoms with Crippen LogP contribution in [0.25, 0.3) is 33.2 Å². The lowest BCUT2D eigenvalue weighted by molar-refractivity contribution is -0.117. The monoisotopic (exact) mass is 452 g/mol. The summed E-state index contributed by atoms with van der Waals surface area (Å²) in [4.78, 5) is 20.4. The summed E-state index contributed by atoms with van der Waals surface area (Å²) in [5.41, 5.74) is 11.2. The molecule has 1 fully saturated rings. The number of fused-ring (bicyclic) bond motifs is 1. The van der Waals surface area contributed by atoms with Gasteiger partial charge >= 0.3 is 0 Å². The molecule has 5 rings (SSSR count). The zero-order chi connectivity index (χ0) is 23.5. The fourth-order valence-corrected chi connectivity index (χ4v) is 4.83. The van der Waals surface area contributed by atoms with E-state index in [4.69, 9.17) is 10.7 Å². The number of nitrogens with one attached hydrogen (secondary N) is 1. The van der Waals surface area contributed by atoms with Crippen LogP contribution in [0.1, 0.15) is 31.2 Å². The highest BCUT2D eigenvalue weighted by atomic mass is 16.3. The number of aliphatic hydroxyl groups excluding tert-OH is 1. The van der Waals surface area contributed by atoms with Gasteiger partial charge in [0.2, 0.25) is 5.91 Å². The van der Waals surface area contributed by atoms with Crippen LogP contribution < -0.4 is 11.1 Å². The molecule has 0 unspecified atom stereocenters. The van der Waals surface area contributed by atoms with Crippen LogP contribution in [0.15, 0.2) is 73.2 Å². The standard InChI is InChI=1S/C28H28N4O2/c29-27(34)14-18-13-20(17-30-16-18)24-5-2-6-26-25(24)11-12-31-28(26)19-3-1-4-22(15-19)32-21-7-9-23(33)10-8-21/h1-6,11-13,15-17,21,23,32-33H,7-10,14H2,(H2,29,34). The number of hydrogen-bond acceptors (Lipinski definition) is 5. The lowest BCUT2D eigenvalue weighted by Gasteiger charge is -2.27. The average Bonchev–Trinajstić information content (AvgIpc) is 2.85. The molecule has 0 radical (unpaired) electrons. The summed E-state index contributed by atoms with van der Waals surface area (Å²) in [5, 5.41) is 15.5. The fraction of sp³-hybridized carbons (Fsp3) is 0.250. The van der Waals surface area contributed by atoms with Crippen molar-refractivity contribution in [3.63, 3.8) is 0 Å². The smallest absolute Gasteiger partial charge is 0.221 e. The SMILES string of the molecule is NC(=O)Cc1cncc(-c2cccc3c(-c4cccc(NC5CCC(O)CC5)c4)nccc23)c1. The molecule has 2 aromatic heterocycles. The summed E-state index contributed by atoms with van der Waals surface area (Å²) < 4.78 is 0. The first-order valence-corrected chi connectivity index (χ1v) is 11.7. The molecule has 0 aliphatic heterocycles. The first-order chi connectivity index (χ1) is 16.6. The Kier molecular flexibility index (Phi) is 6.23. The maximum atomic E-state index is 11.4. The van der Waals surface area contributed by atoms with Crippen molar-refractivity contribution in [1.82, 2.24) is 9.97 Å². The molecule has 4 N–H and O–H groups in total. The van der Waals surface area contributed by atoms with E-state index in [-0.39, 0.29) is 18.4 Å². The molecule has 1 aliphatic carbocycles. The molecule has 2 aromatic carbocycles. The number of hydrogen-bond donors (Lipinski definition) is 3. The molecule has 0 atom stereocenters. The van der Waals surface area contributed by atoms with Gasteiger partial charge in [-0.1, -0.05) is 30.3 Å². The number of pyridine rings is 2. The van der Waals surface area contributed by atoms with E-state index >= 15 is 0 Å².